The van der Waals surface area contributed by atoms with Crippen LogP contribution in [-0.4, -0.2) is 11.5 Å². The third-order valence-corrected chi connectivity index (χ3v) is 2.12. The van der Waals surface area contributed by atoms with E-state index in [-0.39, 0.29) is 0 Å². The van der Waals surface area contributed by atoms with Gasteiger partial charge in [0.1, 0.15) is 5.76 Å². The average molecular weight is 214 g/mol. The first-order chi connectivity index (χ1) is 7.84. The smallest absolute Gasteiger partial charge is 0.126 e. The van der Waals surface area contributed by atoms with Crippen LogP contribution in [0.1, 0.15) is 11.3 Å². The summed E-state index contributed by atoms with van der Waals surface area (Å²) in [6.45, 7) is 2.78. The van der Waals surface area contributed by atoms with E-state index in [0.717, 1.165) is 23.6 Å². The maximum Gasteiger partial charge on any atom is 0.126 e. The van der Waals surface area contributed by atoms with E-state index in [1.165, 1.54) is 0 Å². The molecular formula is C13H14N2O. The van der Waals surface area contributed by atoms with Crippen molar-refractivity contribution in [2.24, 2.45) is 0 Å². The highest BCUT2D eigenvalue weighted by atomic mass is 16.3. The molecule has 0 radical (unpaired) electrons. The van der Waals surface area contributed by atoms with E-state index in [1.807, 2.05) is 43.6 Å². The molecule has 0 aliphatic carbocycles. The van der Waals surface area contributed by atoms with E-state index in [1.54, 1.807) is 6.26 Å². The third-order valence-electron chi connectivity index (χ3n) is 2.12. The Balaban J connectivity index is 1.84. The molecule has 0 unspecified atom stereocenters. The molecule has 3 nitrogen and oxygen atoms in total. The van der Waals surface area contributed by atoms with Gasteiger partial charge in [0.2, 0.25) is 0 Å². The molecule has 2 aromatic heterocycles. The number of aryl methyl sites for hydroxylation is 1. The number of anilines is 1. The normalized spacial score (nSPS) is 10.8. The van der Waals surface area contributed by atoms with E-state index < -0.39 is 0 Å². The molecule has 1 N–H and O–H groups in total. The Kier molecular flexibility index (Phi) is 3.38. The molecule has 0 aromatic carbocycles. The quantitative estimate of drug-likeness (QED) is 0.849. The van der Waals surface area contributed by atoms with Crippen LogP contribution in [0.2, 0.25) is 0 Å². The fraction of sp³-hybridized carbons (Fsp3) is 0.154. The molecule has 0 spiro atoms. The summed E-state index contributed by atoms with van der Waals surface area (Å²) in [4.78, 5) is 4.11. The van der Waals surface area contributed by atoms with Crippen LogP contribution in [0.15, 0.2) is 47.3 Å². The minimum Gasteiger partial charge on any atom is -0.465 e. The monoisotopic (exact) mass is 214 g/mol. The Morgan fingerprint density at radius 1 is 1.44 bits per heavy atom. The number of nitrogens with zero attached hydrogens (tertiary/aromatic N) is 1. The van der Waals surface area contributed by atoms with Crippen molar-refractivity contribution in [3.63, 3.8) is 0 Å². The zero-order valence-corrected chi connectivity index (χ0v) is 9.18. The number of rotatable bonds is 4. The molecule has 0 fully saturated rings. The van der Waals surface area contributed by atoms with E-state index in [2.05, 4.69) is 16.4 Å². The molecule has 3 heteroatoms. The summed E-state index contributed by atoms with van der Waals surface area (Å²) in [5.74, 6) is 0.865. The minimum atomic E-state index is 0.756. The highest BCUT2D eigenvalue weighted by Crippen LogP contribution is 2.07. The first kappa shape index (κ1) is 10.5. The van der Waals surface area contributed by atoms with Gasteiger partial charge >= 0.3 is 0 Å². The van der Waals surface area contributed by atoms with Crippen molar-refractivity contribution in [1.29, 1.82) is 0 Å². The van der Waals surface area contributed by atoms with Crippen LogP contribution in [-0.2, 0) is 0 Å². The second kappa shape index (κ2) is 5.16. The summed E-state index contributed by atoms with van der Waals surface area (Å²) in [6, 6.07) is 5.86. The first-order valence-electron chi connectivity index (χ1n) is 5.20. The number of hydrogen-bond acceptors (Lipinski definition) is 3. The molecule has 82 valence electrons. The molecule has 2 aromatic rings. The highest BCUT2D eigenvalue weighted by molar-refractivity contribution is 5.46. The van der Waals surface area contributed by atoms with E-state index >= 15 is 0 Å². The second-order valence-electron chi connectivity index (χ2n) is 3.55. The highest BCUT2D eigenvalue weighted by Gasteiger charge is 1.91. The standard InChI is InChI=1S/C13H14N2O/c1-11-8-12(10-14-9-11)15-6-2-4-13-5-3-7-16-13/h2-5,7-10,15H,6H2,1H3/b4-2+. The summed E-state index contributed by atoms with van der Waals surface area (Å²) in [6.07, 6.45) is 9.27. The van der Waals surface area contributed by atoms with Crippen molar-refractivity contribution in [3.8, 4) is 0 Å². The lowest BCUT2D eigenvalue weighted by atomic mass is 10.3. The maximum absolute atomic E-state index is 5.18. The fourth-order valence-corrected chi connectivity index (χ4v) is 1.39. The maximum atomic E-state index is 5.18. The van der Waals surface area contributed by atoms with Gasteiger partial charge in [-0.3, -0.25) is 4.98 Å². The number of aromatic nitrogens is 1. The molecule has 2 rings (SSSR count). The van der Waals surface area contributed by atoms with Gasteiger partial charge in [-0.25, -0.2) is 0 Å². The van der Waals surface area contributed by atoms with Crippen molar-refractivity contribution >= 4 is 11.8 Å². The van der Waals surface area contributed by atoms with Gasteiger partial charge in [-0.05, 0) is 36.8 Å². The molecule has 2 heterocycles. The summed E-state index contributed by atoms with van der Waals surface area (Å²) in [7, 11) is 0. The lowest BCUT2D eigenvalue weighted by Gasteiger charge is -2.02. The topological polar surface area (TPSA) is 38.1 Å². The molecule has 0 atom stereocenters. The Bertz CT molecular complexity index is 461. The van der Waals surface area contributed by atoms with Gasteiger partial charge in [0, 0.05) is 18.9 Å². The first-order valence-corrected chi connectivity index (χ1v) is 5.20. The van der Waals surface area contributed by atoms with E-state index in [9.17, 15) is 0 Å². The number of furan rings is 1. The predicted octanol–water partition coefficient (Wildman–Crippen LogP) is 3.11. The zero-order chi connectivity index (χ0) is 11.2. The van der Waals surface area contributed by atoms with Crippen molar-refractivity contribution in [1.82, 2.24) is 4.98 Å². The SMILES string of the molecule is Cc1cncc(NC/C=C/c2ccco2)c1. The lowest BCUT2D eigenvalue weighted by Crippen LogP contribution is -1.98. The molecular weight excluding hydrogens is 200 g/mol. The lowest BCUT2D eigenvalue weighted by molar-refractivity contribution is 0.557. The molecule has 0 aliphatic heterocycles. The largest absolute Gasteiger partial charge is 0.465 e. The number of nitrogens with one attached hydrogen (secondary N) is 1. The van der Waals surface area contributed by atoms with Crippen LogP contribution in [0.5, 0.6) is 0 Å². The molecule has 0 saturated heterocycles. The molecule has 16 heavy (non-hydrogen) atoms. The van der Waals surface area contributed by atoms with Crippen LogP contribution in [0.3, 0.4) is 0 Å². The Hall–Kier alpha value is -2.03. The predicted molar refractivity (Wildman–Crippen MR) is 65.2 cm³/mol. The average Bonchev–Trinajstić information content (AvgIpc) is 2.77. The van der Waals surface area contributed by atoms with Crippen LogP contribution in [0.4, 0.5) is 5.69 Å². The van der Waals surface area contributed by atoms with Crippen LogP contribution in [0, 0.1) is 6.92 Å². The van der Waals surface area contributed by atoms with Gasteiger partial charge < -0.3 is 9.73 Å². The van der Waals surface area contributed by atoms with E-state index in [0.29, 0.717) is 0 Å². The molecule has 0 aliphatic rings. The number of pyridine rings is 1. The van der Waals surface area contributed by atoms with Gasteiger partial charge in [-0.2, -0.15) is 0 Å². The summed E-state index contributed by atoms with van der Waals surface area (Å²) < 4.78 is 5.18. The van der Waals surface area contributed by atoms with Gasteiger partial charge in [-0.1, -0.05) is 6.08 Å². The van der Waals surface area contributed by atoms with Crippen molar-refractivity contribution < 1.29 is 4.42 Å². The number of hydrogen-bond donors (Lipinski definition) is 1. The Morgan fingerprint density at radius 2 is 2.38 bits per heavy atom. The van der Waals surface area contributed by atoms with Crippen LogP contribution in [0.25, 0.3) is 6.08 Å². The third kappa shape index (κ3) is 2.98. The van der Waals surface area contributed by atoms with Gasteiger partial charge in [-0.15, -0.1) is 0 Å². The van der Waals surface area contributed by atoms with Crippen LogP contribution < -0.4 is 5.32 Å². The van der Waals surface area contributed by atoms with Gasteiger partial charge in [0.05, 0.1) is 12.0 Å². The zero-order valence-electron chi connectivity index (χ0n) is 9.18. The minimum absolute atomic E-state index is 0.756. The fourth-order valence-electron chi connectivity index (χ4n) is 1.39. The molecule has 0 bridgehead atoms. The second-order valence-corrected chi connectivity index (χ2v) is 3.55. The van der Waals surface area contributed by atoms with Gasteiger partial charge in [0.25, 0.3) is 0 Å². The van der Waals surface area contributed by atoms with Crippen molar-refractivity contribution in [2.75, 3.05) is 11.9 Å². The molecule has 0 saturated carbocycles. The summed E-state index contributed by atoms with van der Waals surface area (Å²) >= 11 is 0. The van der Waals surface area contributed by atoms with E-state index in [4.69, 9.17) is 4.42 Å². The summed E-state index contributed by atoms with van der Waals surface area (Å²) in [5, 5.41) is 3.26. The Morgan fingerprint density at radius 3 is 3.12 bits per heavy atom. The van der Waals surface area contributed by atoms with Crippen LogP contribution >= 0.6 is 0 Å². The van der Waals surface area contributed by atoms with Crippen molar-refractivity contribution in [3.05, 3.63) is 54.3 Å². The molecule has 0 amide bonds. The van der Waals surface area contributed by atoms with Crippen molar-refractivity contribution in [2.45, 2.75) is 6.92 Å². The summed E-state index contributed by atoms with van der Waals surface area (Å²) in [5.41, 5.74) is 2.18. The Labute approximate surface area is 94.8 Å². The van der Waals surface area contributed by atoms with Gasteiger partial charge in [0.15, 0.2) is 0 Å².